The number of rotatable bonds is 4. The number of likely N-dealkylation sites (N-methyl/N-ethyl adjacent to an activating group) is 1. The van der Waals surface area contributed by atoms with Crippen molar-refractivity contribution in [1.82, 2.24) is 9.36 Å². The van der Waals surface area contributed by atoms with Crippen LogP contribution < -0.4 is 4.90 Å². The summed E-state index contributed by atoms with van der Waals surface area (Å²) in [5, 5.41) is 9.60. The lowest BCUT2D eigenvalue weighted by molar-refractivity contribution is 0.304. The van der Waals surface area contributed by atoms with Gasteiger partial charge in [-0.1, -0.05) is 13.8 Å². The van der Waals surface area contributed by atoms with Gasteiger partial charge in [0, 0.05) is 31.0 Å². The predicted molar refractivity (Wildman–Crippen MR) is 54.4 cm³/mol. The highest BCUT2D eigenvalue weighted by atomic mass is 32.1. The van der Waals surface area contributed by atoms with Crippen molar-refractivity contribution < 1.29 is 5.11 Å². The summed E-state index contributed by atoms with van der Waals surface area (Å²) in [5.74, 6) is 1.25. The Morgan fingerprint density at radius 1 is 1.54 bits per heavy atom. The highest BCUT2D eigenvalue weighted by molar-refractivity contribution is 7.09. The molecule has 0 unspecified atom stereocenters. The van der Waals surface area contributed by atoms with Crippen molar-refractivity contribution in [3.05, 3.63) is 5.82 Å². The summed E-state index contributed by atoms with van der Waals surface area (Å²) in [5.41, 5.74) is 0. The summed E-state index contributed by atoms with van der Waals surface area (Å²) >= 11 is 1.38. The van der Waals surface area contributed by atoms with Gasteiger partial charge >= 0.3 is 0 Å². The highest BCUT2D eigenvalue weighted by Crippen LogP contribution is 2.19. The Labute approximate surface area is 82.4 Å². The molecule has 0 amide bonds. The van der Waals surface area contributed by atoms with Crippen molar-refractivity contribution in [3.63, 3.8) is 0 Å². The van der Waals surface area contributed by atoms with Crippen LogP contribution in [0.1, 0.15) is 25.6 Å². The topological polar surface area (TPSA) is 49.2 Å². The van der Waals surface area contributed by atoms with Crippen LogP contribution in [-0.2, 0) is 0 Å². The molecule has 13 heavy (non-hydrogen) atoms. The lowest BCUT2D eigenvalue weighted by Crippen LogP contribution is -2.20. The molecule has 1 aromatic rings. The molecule has 74 valence electrons. The Kier molecular flexibility index (Phi) is 3.62. The van der Waals surface area contributed by atoms with E-state index in [9.17, 15) is 0 Å². The molecule has 0 atom stereocenters. The van der Waals surface area contributed by atoms with Gasteiger partial charge < -0.3 is 10.0 Å². The molecule has 0 spiro atoms. The van der Waals surface area contributed by atoms with Gasteiger partial charge in [0.25, 0.3) is 0 Å². The fourth-order valence-corrected chi connectivity index (χ4v) is 1.65. The Morgan fingerprint density at radius 3 is 2.69 bits per heavy atom. The standard InChI is InChI=1S/C8H15N3OS/c1-6(2)7-9-8(13-10-7)11(3)4-5-12/h6,12H,4-5H2,1-3H3. The van der Waals surface area contributed by atoms with Crippen molar-refractivity contribution in [3.8, 4) is 0 Å². The van der Waals surface area contributed by atoms with Crippen LogP contribution in [0.15, 0.2) is 0 Å². The van der Waals surface area contributed by atoms with Crippen LogP contribution in [-0.4, -0.2) is 34.7 Å². The van der Waals surface area contributed by atoms with E-state index in [0.717, 1.165) is 11.0 Å². The minimum Gasteiger partial charge on any atom is -0.395 e. The Balaban J connectivity index is 2.67. The smallest absolute Gasteiger partial charge is 0.205 e. The first kappa shape index (κ1) is 10.4. The summed E-state index contributed by atoms with van der Waals surface area (Å²) in [6.07, 6.45) is 0. The largest absolute Gasteiger partial charge is 0.395 e. The molecule has 0 bridgehead atoms. The Morgan fingerprint density at radius 2 is 2.23 bits per heavy atom. The van der Waals surface area contributed by atoms with E-state index in [-0.39, 0.29) is 6.61 Å². The molecule has 0 aliphatic heterocycles. The van der Waals surface area contributed by atoms with E-state index in [4.69, 9.17) is 5.11 Å². The molecule has 0 saturated carbocycles. The van der Waals surface area contributed by atoms with Crippen LogP contribution in [0.4, 0.5) is 5.13 Å². The first-order chi connectivity index (χ1) is 6.15. The summed E-state index contributed by atoms with van der Waals surface area (Å²) in [4.78, 5) is 6.26. The van der Waals surface area contributed by atoms with E-state index < -0.39 is 0 Å². The van der Waals surface area contributed by atoms with Crippen LogP contribution in [0.2, 0.25) is 0 Å². The van der Waals surface area contributed by atoms with E-state index in [1.165, 1.54) is 11.5 Å². The first-order valence-electron chi connectivity index (χ1n) is 4.30. The molecule has 1 rings (SSSR count). The molecule has 5 heteroatoms. The number of aliphatic hydroxyl groups excluding tert-OH is 1. The minimum atomic E-state index is 0.146. The SMILES string of the molecule is CC(C)c1nsc(N(C)CCO)n1. The van der Waals surface area contributed by atoms with Crippen molar-refractivity contribution in [2.75, 3.05) is 25.1 Å². The third-order valence-corrected chi connectivity index (χ3v) is 2.55. The molecular weight excluding hydrogens is 186 g/mol. The number of nitrogens with zero attached hydrogens (tertiary/aromatic N) is 3. The maximum Gasteiger partial charge on any atom is 0.205 e. The number of aliphatic hydroxyl groups is 1. The molecular formula is C8H15N3OS. The number of hydrogen-bond donors (Lipinski definition) is 1. The summed E-state index contributed by atoms with van der Waals surface area (Å²) < 4.78 is 4.23. The fraction of sp³-hybridized carbons (Fsp3) is 0.750. The summed E-state index contributed by atoms with van der Waals surface area (Å²) in [7, 11) is 1.90. The molecule has 1 aromatic heterocycles. The average molecular weight is 201 g/mol. The molecule has 0 aliphatic carbocycles. The van der Waals surface area contributed by atoms with Gasteiger partial charge in [-0.2, -0.15) is 4.37 Å². The average Bonchev–Trinajstić information content (AvgIpc) is 2.52. The maximum absolute atomic E-state index is 8.73. The third-order valence-electron chi connectivity index (χ3n) is 1.71. The normalized spacial score (nSPS) is 10.8. The summed E-state index contributed by atoms with van der Waals surface area (Å²) in [6, 6.07) is 0. The molecule has 0 aliphatic rings. The minimum absolute atomic E-state index is 0.146. The first-order valence-corrected chi connectivity index (χ1v) is 5.08. The second-order valence-corrected chi connectivity index (χ2v) is 3.97. The molecule has 4 nitrogen and oxygen atoms in total. The van der Waals surface area contributed by atoms with Gasteiger partial charge in [-0.05, 0) is 0 Å². The van der Waals surface area contributed by atoms with E-state index in [1.54, 1.807) is 0 Å². The second kappa shape index (κ2) is 4.53. The quantitative estimate of drug-likeness (QED) is 0.792. The number of anilines is 1. The van der Waals surface area contributed by atoms with Gasteiger partial charge in [0.2, 0.25) is 5.13 Å². The molecule has 0 aromatic carbocycles. The zero-order valence-electron chi connectivity index (χ0n) is 8.19. The zero-order valence-corrected chi connectivity index (χ0v) is 9.01. The Bertz CT molecular complexity index is 262. The van der Waals surface area contributed by atoms with Crippen molar-refractivity contribution in [1.29, 1.82) is 0 Å². The van der Waals surface area contributed by atoms with Gasteiger partial charge in [-0.25, -0.2) is 4.98 Å². The highest BCUT2D eigenvalue weighted by Gasteiger charge is 2.10. The van der Waals surface area contributed by atoms with Crippen molar-refractivity contribution >= 4 is 16.7 Å². The molecule has 0 saturated heterocycles. The number of aromatic nitrogens is 2. The van der Waals surface area contributed by atoms with E-state index in [1.807, 2.05) is 11.9 Å². The fourth-order valence-electron chi connectivity index (χ4n) is 0.862. The third kappa shape index (κ3) is 2.63. The van der Waals surface area contributed by atoms with Crippen LogP contribution in [0.3, 0.4) is 0 Å². The van der Waals surface area contributed by atoms with Gasteiger partial charge in [-0.15, -0.1) is 0 Å². The summed E-state index contributed by atoms with van der Waals surface area (Å²) in [6.45, 7) is 4.88. The maximum atomic E-state index is 8.73. The Hall–Kier alpha value is -0.680. The molecule has 1 N–H and O–H groups in total. The van der Waals surface area contributed by atoms with Gasteiger partial charge in [0.05, 0.1) is 6.61 Å². The lowest BCUT2D eigenvalue weighted by atomic mass is 10.2. The second-order valence-electron chi connectivity index (χ2n) is 3.24. The van der Waals surface area contributed by atoms with Crippen LogP contribution >= 0.6 is 11.5 Å². The molecule has 1 heterocycles. The lowest BCUT2D eigenvalue weighted by Gasteiger charge is -2.12. The molecule has 0 fully saturated rings. The van der Waals surface area contributed by atoms with Crippen molar-refractivity contribution in [2.45, 2.75) is 19.8 Å². The van der Waals surface area contributed by atoms with Gasteiger partial charge in [0.1, 0.15) is 5.82 Å². The van der Waals surface area contributed by atoms with Crippen LogP contribution in [0, 0.1) is 0 Å². The van der Waals surface area contributed by atoms with Crippen LogP contribution in [0.25, 0.3) is 0 Å². The van der Waals surface area contributed by atoms with E-state index in [2.05, 4.69) is 23.2 Å². The van der Waals surface area contributed by atoms with Crippen molar-refractivity contribution in [2.24, 2.45) is 0 Å². The van der Waals surface area contributed by atoms with Crippen LogP contribution in [0.5, 0.6) is 0 Å². The van der Waals surface area contributed by atoms with E-state index in [0.29, 0.717) is 12.5 Å². The zero-order chi connectivity index (χ0) is 9.84. The van der Waals surface area contributed by atoms with E-state index >= 15 is 0 Å². The molecule has 0 radical (unpaired) electrons. The predicted octanol–water partition coefficient (Wildman–Crippen LogP) is 1.09. The monoisotopic (exact) mass is 201 g/mol. The van der Waals surface area contributed by atoms with Gasteiger partial charge in [-0.3, -0.25) is 0 Å². The van der Waals surface area contributed by atoms with Gasteiger partial charge in [0.15, 0.2) is 0 Å². The number of hydrogen-bond acceptors (Lipinski definition) is 5.